The van der Waals surface area contributed by atoms with Gasteiger partial charge in [-0.05, 0) is 82.5 Å². The van der Waals surface area contributed by atoms with Crippen molar-refractivity contribution in [1.82, 2.24) is 5.32 Å². The number of fused-ring (bicyclic) bond motifs is 1. The van der Waals surface area contributed by atoms with E-state index in [0.29, 0.717) is 0 Å². The first-order chi connectivity index (χ1) is 9.04. The first-order valence-electron chi connectivity index (χ1n) is 7.90. The molecule has 0 unspecified atom stereocenters. The molecule has 0 atom stereocenters. The molecule has 0 spiro atoms. The Morgan fingerprint density at radius 1 is 1.00 bits per heavy atom. The first-order valence-corrected chi connectivity index (χ1v) is 7.90. The number of nitrogens with one attached hydrogen (secondary N) is 1. The van der Waals surface area contributed by atoms with Gasteiger partial charge in [-0.1, -0.05) is 24.6 Å². The Bertz CT molecular complexity index is 401. The zero-order valence-corrected chi connectivity index (χ0v) is 12.9. The molecule has 0 saturated carbocycles. The molecule has 0 aliphatic heterocycles. The monoisotopic (exact) mass is 259 g/mol. The molecule has 0 aromatic heterocycles. The molecular formula is C18H29N. The Balaban J connectivity index is 1.63. The first kappa shape index (κ1) is 14.6. The average Bonchev–Trinajstić information content (AvgIpc) is 2.79. The molecule has 0 saturated heterocycles. The van der Waals surface area contributed by atoms with Crippen LogP contribution in [0.2, 0.25) is 0 Å². The summed E-state index contributed by atoms with van der Waals surface area (Å²) in [4.78, 5) is 0. The molecule has 0 bridgehead atoms. The molecule has 2 rings (SSSR count). The van der Waals surface area contributed by atoms with Crippen molar-refractivity contribution in [3.63, 3.8) is 0 Å². The maximum atomic E-state index is 3.55. The lowest BCUT2D eigenvalue weighted by Crippen LogP contribution is -2.36. The van der Waals surface area contributed by atoms with E-state index in [1.807, 2.05) is 0 Å². The Morgan fingerprint density at radius 2 is 1.79 bits per heavy atom. The molecule has 106 valence electrons. The zero-order valence-electron chi connectivity index (χ0n) is 12.9. The van der Waals surface area contributed by atoms with Crippen LogP contribution in [0.3, 0.4) is 0 Å². The van der Waals surface area contributed by atoms with Gasteiger partial charge >= 0.3 is 0 Å². The second-order valence-corrected chi connectivity index (χ2v) is 6.94. The third kappa shape index (κ3) is 4.99. The quantitative estimate of drug-likeness (QED) is 0.752. The normalized spacial score (nSPS) is 14.7. The van der Waals surface area contributed by atoms with Crippen LogP contribution in [-0.2, 0) is 19.3 Å². The van der Waals surface area contributed by atoms with Gasteiger partial charge in [0.1, 0.15) is 0 Å². The van der Waals surface area contributed by atoms with E-state index in [-0.39, 0.29) is 5.54 Å². The molecule has 0 radical (unpaired) electrons. The molecule has 1 nitrogen and oxygen atoms in total. The van der Waals surface area contributed by atoms with Crippen LogP contribution in [0.25, 0.3) is 0 Å². The maximum absolute atomic E-state index is 3.55. The van der Waals surface area contributed by atoms with Crippen LogP contribution in [0.5, 0.6) is 0 Å². The highest BCUT2D eigenvalue weighted by molar-refractivity contribution is 5.35. The smallest absolute Gasteiger partial charge is 0.00965 e. The maximum Gasteiger partial charge on any atom is 0.00965 e. The third-order valence-electron chi connectivity index (χ3n) is 3.96. The lowest BCUT2D eigenvalue weighted by Gasteiger charge is -2.20. The van der Waals surface area contributed by atoms with E-state index in [2.05, 4.69) is 44.3 Å². The summed E-state index contributed by atoms with van der Waals surface area (Å²) in [6.07, 6.45) is 9.17. The minimum absolute atomic E-state index is 0.264. The summed E-state index contributed by atoms with van der Waals surface area (Å²) in [7, 11) is 0. The molecule has 0 fully saturated rings. The number of hydrogen-bond acceptors (Lipinski definition) is 1. The van der Waals surface area contributed by atoms with Crippen molar-refractivity contribution in [2.75, 3.05) is 6.54 Å². The Hall–Kier alpha value is -0.820. The Labute approximate surface area is 118 Å². The van der Waals surface area contributed by atoms with Crippen LogP contribution in [-0.4, -0.2) is 12.1 Å². The molecule has 1 N–H and O–H groups in total. The standard InChI is InChI=1S/C18H29N/c1-18(2,3)19-13-6-4-5-8-15-11-12-16-9-7-10-17(16)14-15/h11-12,14,19H,4-10,13H2,1-3H3. The van der Waals surface area contributed by atoms with Crippen molar-refractivity contribution in [2.45, 2.75) is 71.3 Å². The van der Waals surface area contributed by atoms with Crippen LogP contribution in [0, 0.1) is 0 Å². The van der Waals surface area contributed by atoms with Crippen molar-refractivity contribution >= 4 is 0 Å². The minimum Gasteiger partial charge on any atom is -0.312 e. The van der Waals surface area contributed by atoms with Gasteiger partial charge in [0.25, 0.3) is 0 Å². The summed E-state index contributed by atoms with van der Waals surface area (Å²) in [5, 5.41) is 3.55. The second-order valence-electron chi connectivity index (χ2n) is 6.94. The molecule has 1 aromatic carbocycles. The largest absolute Gasteiger partial charge is 0.312 e. The highest BCUT2D eigenvalue weighted by Gasteiger charge is 2.10. The van der Waals surface area contributed by atoms with Gasteiger partial charge in [0.05, 0.1) is 0 Å². The molecule has 1 aliphatic carbocycles. The fourth-order valence-corrected chi connectivity index (χ4v) is 2.87. The molecule has 19 heavy (non-hydrogen) atoms. The molecule has 1 heteroatoms. The van der Waals surface area contributed by atoms with Crippen molar-refractivity contribution in [3.05, 3.63) is 34.9 Å². The van der Waals surface area contributed by atoms with E-state index in [4.69, 9.17) is 0 Å². The van der Waals surface area contributed by atoms with Crippen LogP contribution >= 0.6 is 0 Å². The van der Waals surface area contributed by atoms with Crippen molar-refractivity contribution in [1.29, 1.82) is 0 Å². The van der Waals surface area contributed by atoms with E-state index in [0.717, 1.165) is 6.54 Å². The van der Waals surface area contributed by atoms with Gasteiger partial charge in [-0.15, -0.1) is 0 Å². The fourth-order valence-electron chi connectivity index (χ4n) is 2.87. The summed E-state index contributed by atoms with van der Waals surface area (Å²) in [5.74, 6) is 0. The van der Waals surface area contributed by atoms with Gasteiger partial charge in [-0.2, -0.15) is 0 Å². The van der Waals surface area contributed by atoms with E-state index in [9.17, 15) is 0 Å². The predicted octanol–water partition coefficient (Wildman–Crippen LogP) is 4.28. The molecule has 1 aliphatic rings. The molecule has 0 heterocycles. The predicted molar refractivity (Wildman–Crippen MR) is 83.8 cm³/mol. The zero-order chi connectivity index (χ0) is 13.7. The number of aryl methyl sites for hydroxylation is 3. The highest BCUT2D eigenvalue weighted by atomic mass is 14.9. The van der Waals surface area contributed by atoms with Gasteiger partial charge < -0.3 is 5.32 Å². The number of rotatable bonds is 6. The minimum atomic E-state index is 0.264. The number of unbranched alkanes of at least 4 members (excludes halogenated alkanes) is 2. The molecular weight excluding hydrogens is 230 g/mol. The Kier molecular flexibility index (Phi) is 5.04. The Morgan fingerprint density at radius 3 is 2.58 bits per heavy atom. The topological polar surface area (TPSA) is 12.0 Å². The van der Waals surface area contributed by atoms with Crippen LogP contribution in [0.1, 0.15) is 63.1 Å². The lowest BCUT2D eigenvalue weighted by molar-refractivity contribution is 0.417. The second kappa shape index (κ2) is 6.56. The van der Waals surface area contributed by atoms with Gasteiger partial charge in [0.2, 0.25) is 0 Å². The summed E-state index contributed by atoms with van der Waals surface area (Å²) in [6.45, 7) is 7.85. The van der Waals surface area contributed by atoms with Gasteiger partial charge in [-0.25, -0.2) is 0 Å². The van der Waals surface area contributed by atoms with Crippen molar-refractivity contribution in [2.24, 2.45) is 0 Å². The highest BCUT2D eigenvalue weighted by Crippen LogP contribution is 2.23. The third-order valence-corrected chi connectivity index (χ3v) is 3.96. The van der Waals surface area contributed by atoms with Crippen LogP contribution in [0.15, 0.2) is 18.2 Å². The average molecular weight is 259 g/mol. The summed E-state index contributed by atoms with van der Waals surface area (Å²) in [6, 6.07) is 7.16. The van der Waals surface area contributed by atoms with Crippen molar-refractivity contribution < 1.29 is 0 Å². The van der Waals surface area contributed by atoms with E-state index in [1.165, 1.54) is 44.9 Å². The fraction of sp³-hybridized carbons (Fsp3) is 0.667. The summed E-state index contributed by atoms with van der Waals surface area (Å²) < 4.78 is 0. The van der Waals surface area contributed by atoms with E-state index in [1.54, 1.807) is 16.7 Å². The SMILES string of the molecule is CC(C)(C)NCCCCCc1ccc2c(c1)CCC2. The van der Waals surface area contributed by atoms with Crippen LogP contribution < -0.4 is 5.32 Å². The van der Waals surface area contributed by atoms with Crippen LogP contribution in [0.4, 0.5) is 0 Å². The summed E-state index contributed by atoms with van der Waals surface area (Å²) in [5.41, 5.74) is 5.02. The lowest BCUT2D eigenvalue weighted by atomic mass is 10.0. The van der Waals surface area contributed by atoms with Crippen molar-refractivity contribution in [3.8, 4) is 0 Å². The number of benzene rings is 1. The molecule has 0 amide bonds. The van der Waals surface area contributed by atoms with Gasteiger partial charge in [0, 0.05) is 5.54 Å². The van der Waals surface area contributed by atoms with Gasteiger partial charge in [0.15, 0.2) is 0 Å². The van der Waals surface area contributed by atoms with E-state index < -0.39 is 0 Å². The van der Waals surface area contributed by atoms with Gasteiger partial charge in [-0.3, -0.25) is 0 Å². The molecule has 1 aromatic rings. The number of hydrogen-bond donors (Lipinski definition) is 1. The summed E-state index contributed by atoms with van der Waals surface area (Å²) >= 11 is 0. The van der Waals surface area contributed by atoms with E-state index >= 15 is 0 Å².